The van der Waals surface area contributed by atoms with Gasteiger partial charge in [0.2, 0.25) is 0 Å². The molecule has 3 N–H and O–H groups in total. The predicted molar refractivity (Wildman–Crippen MR) is 48.1 cm³/mol. The molecular formula is C7H15NO4S. The summed E-state index contributed by atoms with van der Waals surface area (Å²) in [5, 5.41) is 21.1. The van der Waals surface area contributed by atoms with E-state index in [0.29, 0.717) is 6.54 Å². The van der Waals surface area contributed by atoms with Crippen molar-refractivity contribution in [2.24, 2.45) is 0 Å². The van der Waals surface area contributed by atoms with Crippen LogP contribution >= 0.6 is 0 Å². The first-order chi connectivity index (χ1) is 5.91. The first kappa shape index (κ1) is 10.9. The number of sulfone groups is 1. The Hall–Kier alpha value is -0.170. The summed E-state index contributed by atoms with van der Waals surface area (Å²) in [6.07, 6.45) is -1.38. The van der Waals surface area contributed by atoms with E-state index < -0.39 is 28.1 Å². The van der Waals surface area contributed by atoms with Gasteiger partial charge in [-0.05, 0) is 6.92 Å². The van der Waals surface area contributed by atoms with E-state index in [1.807, 2.05) is 0 Å². The highest BCUT2D eigenvalue weighted by Crippen LogP contribution is 2.12. The van der Waals surface area contributed by atoms with E-state index in [1.165, 1.54) is 0 Å². The minimum atomic E-state index is -3.09. The van der Waals surface area contributed by atoms with Crippen molar-refractivity contribution in [1.29, 1.82) is 0 Å². The summed E-state index contributed by atoms with van der Waals surface area (Å²) in [6.45, 7) is 1.90. The number of hydrogen-bond acceptors (Lipinski definition) is 5. The summed E-state index contributed by atoms with van der Waals surface area (Å²) < 4.78 is 22.1. The fraction of sp³-hybridized carbons (Fsp3) is 1.00. The zero-order valence-corrected chi connectivity index (χ0v) is 8.29. The zero-order valence-electron chi connectivity index (χ0n) is 7.47. The second kappa shape index (κ2) is 3.91. The summed E-state index contributed by atoms with van der Waals surface area (Å²) in [6, 6.07) is -0.431. The maximum atomic E-state index is 11.0. The Labute approximate surface area is 77.7 Å². The third-order valence-electron chi connectivity index (χ3n) is 2.00. The van der Waals surface area contributed by atoms with E-state index >= 15 is 0 Å². The van der Waals surface area contributed by atoms with Crippen LogP contribution < -0.4 is 5.32 Å². The van der Waals surface area contributed by atoms with E-state index in [2.05, 4.69) is 5.32 Å². The highest BCUT2D eigenvalue weighted by molar-refractivity contribution is 7.91. The summed E-state index contributed by atoms with van der Waals surface area (Å²) >= 11 is 0. The normalized spacial score (nSPS) is 34.7. The van der Waals surface area contributed by atoms with Crippen LogP contribution in [0.5, 0.6) is 0 Å². The van der Waals surface area contributed by atoms with Crippen LogP contribution in [-0.4, -0.2) is 54.9 Å². The third-order valence-corrected chi connectivity index (χ3v) is 3.71. The Kier molecular flexibility index (Phi) is 3.28. The lowest BCUT2D eigenvalue weighted by Crippen LogP contribution is -2.42. The predicted octanol–water partition coefficient (Wildman–Crippen LogP) is -1.89. The molecule has 1 aliphatic rings. The van der Waals surface area contributed by atoms with Gasteiger partial charge in [0, 0.05) is 12.6 Å². The van der Waals surface area contributed by atoms with E-state index in [4.69, 9.17) is 5.11 Å². The molecule has 0 amide bonds. The molecule has 0 aromatic heterocycles. The van der Waals surface area contributed by atoms with Crippen LogP contribution in [0.1, 0.15) is 6.92 Å². The van der Waals surface area contributed by atoms with Crippen LogP contribution in [0.25, 0.3) is 0 Å². The Morgan fingerprint density at radius 2 is 2.15 bits per heavy atom. The van der Waals surface area contributed by atoms with E-state index in [0.717, 1.165) is 0 Å². The SMILES string of the molecule is C[C@H](O)CN[C@@H]1CS(=O)(=O)C[C@@H]1O. The van der Waals surface area contributed by atoms with Crippen molar-refractivity contribution in [3.05, 3.63) is 0 Å². The fourth-order valence-electron chi connectivity index (χ4n) is 1.35. The molecule has 5 nitrogen and oxygen atoms in total. The number of aliphatic hydroxyl groups is 2. The average molecular weight is 209 g/mol. The van der Waals surface area contributed by atoms with Gasteiger partial charge >= 0.3 is 0 Å². The Bertz CT molecular complexity index is 262. The summed E-state index contributed by atoms with van der Waals surface area (Å²) in [5.74, 6) is -0.217. The topological polar surface area (TPSA) is 86.6 Å². The van der Waals surface area contributed by atoms with E-state index in [1.54, 1.807) is 6.92 Å². The monoisotopic (exact) mass is 209 g/mol. The summed E-state index contributed by atoms with van der Waals surface area (Å²) in [7, 11) is -3.09. The number of aliphatic hydroxyl groups excluding tert-OH is 2. The molecule has 0 radical (unpaired) electrons. The maximum Gasteiger partial charge on any atom is 0.154 e. The minimum Gasteiger partial charge on any atom is -0.392 e. The number of nitrogens with one attached hydrogen (secondary N) is 1. The van der Waals surface area contributed by atoms with Crippen molar-refractivity contribution in [2.45, 2.75) is 25.2 Å². The average Bonchev–Trinajstić information content (AvgIpc) is 2.20. The van der Waals surface area contributed by atoms with Gasteiger partial charge in [-0.3, -0.25) is 0 Å². The highest BCUT2D eigenvalue weighted by atomic mass is 32.2. The van der Waals surface area contributed by atoms with Gasteiger partial charge in [-0.2, -0.15) is 0 Å². The molecule has 1 fully saturated rings. The van der Waals surface area contributed by atoms with Gasteiger partial charge in [0.1, 0.15) is 0 Å². The van der Waals surface area contributed by atoms with Crippen LogP contribution in [0.15, 0.2) is 0 Å². The molecule has 0 bridgehead atoms. The number of hydrogen-bond donors (Lipinski definition) is 3. The van der Waals surface area contributed by atoms with Gasteiger partial charge in [0.25, 0.3) is 0 Å². The summed E-state index contributed by atoms with van der Waals surface area (Å²) in [5.41, 5.74) is 0. The van der Waals surface area contributed by atoms with Crippen molar-refractivity contribution in [2.75, 3.05) is 18.1 Å². The lowest BCUT2D eigenvalue weighted by atomic mass is 10.2. The van der Waals surface area contributed by atoms with Crippen molar-refractivity contribution >= 4 is 9.84 Å². The highest BCUT2D eigenvalue weighted by Gasteiger charge is 2.35. The molecule has 0 unspecified atom stereocenters. The van der Waals surface area contributed by atoms with Gasteiger partial charge in [-0.1, -0.05) is 0 Å². The second-order valence-corrected chi connectivity index (χ2v) is 5.66. The van der Waals surface area contributed by atoms with Crippen molar-refractivity contribution in [3.8, 4) is 0 Å². The second-order valence-electron chi connectivity index (χ2n) is 3.51. The molecule has 1 heterocycles. The molecule has 13 heavy (non-hydrogen) atoms. The molecule has 6 heteroatoms. The molecule has 1 saturated heterocycles. The van der Waals surface area contributed by atoms with Gasteiger partial charge in [-0.15, -0.1) is 0 Å². The molecule has 78 valence electrons. The van der Waals surface area contributed by atoms with E-state index in [9.17, 15) is 13.5 Å². The standard InChI is InChI=1S/C7H15NO4S/c1-5(9)2-8-6-3-13(11,12)4-7(6)10/h5-10H,2-4H2,1H3/t5-,6+,7-/m0/s1. The smallest absolute Gasteiger partial charge is 0.154 e. The lowest BCUT2D eigenvalue weighted by molar-refractivity contribution is 0.143. The largest absolute Gasteiger partial charge is 0.392 e. The Morgan fingerprint density at radius 3 is 2.54 bits per heavy atom. The van der Waals surface area contributed by atoms with Crippen molar-refractivity contribution < 1.29 is 18.6 Å². The summed E-state index contributed by atoms with van der Waals surface area (Å²) in [4.78, 5) is 0. The molecule has 0 aromatic rings. The van der Waals surface area contributed by atoms with Gasteiger partial charge in [-0.25, -0.2) is 8.42 Å². The van der Waals surface area contributed by atoms with Crippen molar-refractivity contribution in [3.63, 3.8) is 0 Å². The lowest BCUT2D eigenvalue weighted by Gasteiger charge is -2.15. The molecule has 1 aliphatic heterocycles. The quantitative estimate of drug-likeness (QED) is 0.506. The molecule has 0 spiro atoms. The van der Waals surface area contributed by atoms with Crippen LogP contribution in [0, 0.1) is 0 Å². The van der Waals surface area contributed by atoms with Crippen LogP contribution in [0.3, 0.4) is 0 Å². The Balaban J connectivity index is 2.44. The third kappa shape index (κ3) is 3.22. The maximum absolute atomic E-state index is 11.0. The molecular weight excluding hydrogens is 194 g/mol. The van der Waals surface area contributed by atoms with Gasteiger partial charge in [0.05, 0.1) is 23.7 Å². The molecule has 3 atom stereocenters. The van der Waals surface area contributed by atoms with Crippen LogP contribution in [0.4, 0.5) is 0 Å². The molecule has 1 rings (SSSR count). The van der Waals surface area contributed by atoms with Gasteiger partial charge < -0.3 is 15.5 Å². The fourth-order valence-corrected chi connectivity index (χ4v) is 3.12. The molecule has 0 aliphatic carbocycles. The first-order valence-electron chi connectivity index (χ1n) is 4.20. The molecule has 0 saturated carbocycles. The first-order valence-corrected chi connectivity index (χ1v) is 6.03. The van der Waals surface area contributed by atoms with Crippen LogP contribution in [0.2, 0.25) is 0 Å². The molecule has 0 aromatic carbocycles. The van der Waals surface area contributed by atoms with Crippen LogP contribution in [-0.2, 0) is 9.84 Å². The number of rotatable bonds is 3. The minimum absolute atomic E-state index is 0.0408. The van der Waals surface area contributed by atoms with Crippen molar-refractivity contribution in [1.82, 2.24) is 5.32 Å². The van der Waals surface area contributed by atoms with E-state index in [-0.39, 0.29) is 11.5 Å². The Morgan fingerprint density at radius 1 is 1.54 bits per heavy atom. The zero-order chi connectivity index (χ0) is 10.1. The van der Waals surface area contributed by atoms with Gasteiger partial charge in [0.15, 0.2) is 9.84 Å².